The van der Waals surface area contributed by atoms with Crippen LogP contribution in [0.2, 0.25) is 0 Å². The Labute approximate surface area is 146 Å². The van der Waals surface area contributed by atoms with Crippen LogP contribution in [0.15, 0.2) is 42.5 Å². The molecule has 1 aliphatic rings. The predicted molar refractivity (Wildman–Crippen MR) is 93.8 cm³/mol. The SMILES string of the molecule is C[C@@H](CCc1ccc(O)cc1)NC(=O)NCc1ccc2c(c1)OCO2. The molecule has 0 radical (unpaired) electrons. The number of benzene rings is 2. The van der Waals surface area contributed by atoms with Crippen molar-refractivity contribution in [2.45, 2.75) is 32.4 Å². The fourth-order valence-electron chi connectivity index (χ4n) is 2.63. The largest absolute Gasteiger partial charge is 0.508 e. The predicted octanol–water partition coefficient (Wildman–Crippen LogP) is 2.94. The van der Waals surface area contributed by atoms with Crippen LogP contribution >= 0.6 is 0 Å². The number of hydrogen-bond donors (Lipinski definition) is 3. The molecule has 6 nitrogen and oxygen atoms in total. The van der Waals surface area contributed by atoms with Crippen LogP contribution in [0.25, 0.3) is 0 Å². The van der Waals surface area contributed by atoms with E-state index in [1.807, 2.05) is 37.3 Å². The van der Waals surface area contributed by atoms with Gasteiger partial charge in [-0.05, 0) is 55.2 Å². The minimum absolute atomic E-state index is 0.0468. The van der Waals surface area contributed by atoms with E-state index in [1.54, 1.807) is 12.1 Å². The van der Waals surface area contributed by atoms with Crippen LogP contribution in [0, 0.1) is 0 Å². The monoisotopic (exact) mass is 342 g/mol. The van der Waals surface area contributed by atoms with E-state index in [-0.39, 0.29) is 24.6 Å². The van der Waals surface area contributed by atoms with Crippen LogP contribution in [0.1, 0.15) is 24.5 Å². The third kappa shape index (κ3) is 4.79. The second-order valence-corrected chi connectivity index (χ2v) is 6.12. The van der Waals surface area contributed by atoms with Gasteiger partial charge in [-0.1, -0.05) is 18.2 Å². The molecule has 0 fully saturated rings. The summed E-state index contributed by atoms with van der Waals surface area (Å²) in [4.78, 5) is 12.0. The Morgan fingerprint density at radius 1 is 1.12 bits per heavy atom. The van der Waals surface area contributed by atoms with Gasteiger partial charge in [0.05, 0.1) is 0 Å². The molecule has 0 aliphatic carbocycles. The van der Waals surface area contributed by atoms with Crippen LogP contribution in [0.3, 0.4) is 0 Å². The first-order valence-electron chi connectivity index (χ1n) is 8.31. The molecule has 2 aromatic rings. The number of phenolic OH excluding ortho intramolecular Hbond substituents is 1. The Balaban J connectivity index is 1.40. The van der Waals surface area contributed by atoms with Gasteiger partial charge in [0.15, 0.2) is 11.5 Å². The third-order valence-corrected chi connectivity index (χ3v) is 4.07. The lowest BCUT2D eigenvalue weighted by molar-refractivity contribution is 0.174. The van der Waals surface area contributed by atoms with Gasteiger partial charge in [0, 0.05) is 12.6 Å². The Morgan fingerprint density at radius 2 is 1.84 bits per heavy atom. The second-order valence-electron chi connectivity index (χ2n) is 6.12. The van der Waals surface area contributed by atoms with Gasteiger partial charge in [-0.15, -0.1) is 0 Å². The first kappa shape index (κ1) is 17.0. The summed E-state index contributed by atoms with van der Waals surface area (Å²) in [5.74, 6) is 1.70. The number of hydrogen-bond acceptors (Lipinski definition) is 4. The van der Waals surface area contributed by atoms with E-state index in [0.29, 0.717) is 12.3 Å². The van der Waals surface area contributed by atoms with Crippen molar-refractivity contribution in [2.75, 3.05) is 6.79 Å². The van der Waals surface area contributed by atoms with Crippen molar-refractivity contribution in [3.63, 3.8) is 0 Å². The fourth-order valence-corrected chi connectivity index (χ4v) is 2.63. The van der Waals surface area contributed by atoms with Gasteiger partial charge >= 0.3 is 6.03 Å². The molecule has 2 aromatic carbocycles. The lowest BCUT2D eigenvalue weighted by Gasteiger charge is -2.15. The van der Waals surface area contributed by atoms with Gasteiger partial charge in [-0.2, -0.15) is 0 Å². The van der Waals surface area contributed by atoms with Crippen molar-refractivity contribution in [2.24, 2.45) is 0 Å². The fraction of sp³-hybridized carbons (Fsp3) is 0.316. The van der Waals surface area contributed by atoms with Gasteiger partial charge in [0.2, 0.25) is 6.79 Å². The van der Waals surface area contributed by atoms with Gasteiger partial charge in [-0.25, -0.2) is 4.79 Å². The van der Waals surface area contributed by atoms with Crippen molar-refractivity contribution < 1.29 is 19.4 Å². The van der Waals surface area contributed by atoms with Crippen molar-refractivity contribution in [3.05, 3.63) is 53.6 Å². The average molecular weight is 342 g/mol. The highest BCUT2D eigenvalue weighted by atomic mass is 16.7. The maximum atomic E-state index is 12.0. The maximum absolute atomic E-state index is 12.0. The second kappa shape index (κ2) is 7.79. The highest BCUT2D eigenvalue weighted by Gasteiger charge is 2.13. The molecule has 0 bridgehead atoms. The molecule has 0 aromatic heterocycles. The maximum Gasteiger partial charge on any atom is 0.315 e. The van der Waals surface area contributed by atoms with E-state index >= 15 is 0 Å². The highest BCUT2D eigenvalue weighted by Crippen LogP contribution is 2.32. The average Bonchev–Trinajstić information content (AvgIpc) is 3.07. The topological polar surface area (TPSA) is 79.8 Å². The third-order valence-electron chi connectivity index (χ3n) is 4.07. The van der Waals surface area contributed by atoms with Gasteiger partial charge < -0.3 is 25.2 Å². The number of urea groups is 1. The van der Waals surface area contributed by atoms with E-state index in [0.717, 1.165) is 29.7 Å². The van der Waals surface area contributed by atoms with E-state index < -0.39 is 0 Å². The molecule has 2 amide bonds. The normalized spacial score (nSPS) is 13.3. The van der Waals surface area contributed by atoms with Gasteiger partial charge in [0.25, 0.3) is 0 Å². The van der Waals surface area contributed by atoms with Crippen LogP contribution in [0.5, 0.6) is 17.2 Å². The molecule has 1 heterocycles. The summed E-state index contributed by atoms with van der Waals surface area (Å²) in [5, 5.41) is 15.1. The Bertz CT molecular complexity index is 731. The summed E-state index contributed by atoms with van der Waals surface area (Å²) >= 11 is 0. The molecule has 1 aliphatic heterocycles. The quantitative estimate of drug-likeness (QED) is 0.754. The number of rotatable bonds is 6. The summed E-state index contributed by atoms with van der Waals surface area (Å²) in [7, 11) is 0. The summed E-state index contributed by atoms with van der Waals surface area (Å²) in [6, 6.07) is 12.6. The number of amides is 2. The molecule has 6 heteroatoms. The molecule has 132 valence electrons. The number of nitrogens with one attached hydrogen (secondary N) is 2. The molecule has 0 saturated carbocycles. The molecule has 3 rings (SSSR count). The molecular weight excluding hydrogens is 320 g/mol. The lowest BCUT2D eigenvalue weighted by Crippen LogP contribution is -2.40. The van der Waals surface area contributed by atoms with Crippen molar-refractivity contribution in [1.82, 2.24) is 10.6 Å². The lowest BCUT2D eigenvalue weighted by atomic mass is 10.1. The highest BCUT2D eigenvalue weighted by molar-refractivity contribution is 5.74. The number of fused-ring (bicyclic) bond motifs is 1. The van der Waals surface area contributed by atoms with Crippen LogP contribution in [-0.2, 0) is 13.0 Å². The molecular formula is C19H22N2O4. The number of ether oxygens (including phenoxy) is 2. The molecule has 0 spiro atoms. The molecule has 3 N–H and O–H groups in total. The van der Waals surface area contributed by atoms with Crippen molar-refractivity contribution in [1.29, 1.82) is 0 Å². The van der Waals surface area contributed by atoms with E-state index in [2.05, 4.69) is 10.6 Å². The molecule has 0 saturated heterocycles. The van der Waals surface area contributed by atoms with Crippen LogP contribution < -0.4 is 20.1 Å². The van der Waals surface area contributed by atoms with Crippen LogP contribution in [-0.4, -0.2) is 24.0 Å². The minimum Gasteiger partial charge on any atom is -0.508 e. The zero-order valence-corrected chi connectivity index (χ0v) is 14.1. The van der Waals surface area contributed by atoms with E-state index in [1.165, 1.54) is 0 Å². The summed E-state index contributed by atoms with van der Waals surface area (Å²) in [6.45, 7) is 2.64. The Kier molecular flexibility index (Phi) is 5.28. The van der Waals surface area contributed by atoms with E-state index in [4.69, 9.17) is 9.47 Å². The standard InChI is InChI=1S/C19H22N2O4/c1-13(2-3-14-4-7-16(22)8-5-14)21-19(23)20-11-15-6-9-17-18(10-15)25-12-24-17/h4-10,13,22H,2-3,11-12H2,1H3,(H2,20,21,23)/t13-/m0/s1. The Hall–Kier alpha value is -2.89. The number of phenols is 1. The summed E-state index contributed by atoms with van der Waals surface area (Å²) < 4.78 is 10.6. The van der Waals surface area contributed by atoms with E-state index in [9.17, 15) is 9.90 Å². The molecule has 1 atom stereocenters. The number of carbonyl (C=O) groups excluding carboxylic acids is 1. The van der Waals surface area contributed by atoms with Crippen LogP contribution in [0.4, 0.5) is 4.79 Å². The van der Waals surface area contributed by atoms with Gasteiger partial charge in [-0.3, -0.25) is 0 Å². The Morgan fingerprint density at radius 3 is 2.64 bits per heavy atom. The first-order chi connectivity index (χ1) is 12.1. The van der Waals surface area contributed by atoms with Crippen molar-refractivity contribution in [3.8, 4) is 17.2 Å². The smallest absolute Gasteiger partial charge is 0.315 e. The minimum atomic E-state index is -0.198. The summed E-state index contributed by atoms with van der Waals surface area (Å²) in [6.07, 6.45) is 1.66. The number of aromatic hydroxyl groups is 1. The first-order valence-corrected chi connectivity index (χ1v) is 8.31. The summed E-state index contributed by atoms with van der Waals surface area (Å²) in [5.41, 5.74) is 2.09. The zero-order chi connectivity index (χ0) is 17.6. The molecule has 25 heavy (non-hydrogen) atoms. The van der Waals surface area contributed by atoms with Crippen molar-refractivity contribution >= 4 is 6.03 Å². The molecule has 0 unspecified atom stereocenters. The number of aryl methyl sites for hydroxylation is 1. The zero-order valence-electron chi connectivity index (χ0n) is 14.1. The van der Waals surface area contributed by atoms with Gasteiger partial charge in [0.1, 0.15) is 5.75 Å². The number of carbonyl (C=O) groups is 1.